The highest BCUT2D eigenvalue weighted by Crippen LogP contribution is 2.31. The average Bonchev–Trinajstić information content (AvgIpc) is 2.93. The number of methoxy groups -OCH3 is 1. The monoisotopic (exact) mass is 278 g/mol. The topological polar surface area (TPSA) is 103 Å². The quantitative estimate of drug-likeness (QED) is 0.634. The van der Waals surface area contributed by atoms with E-state index in [1.807, 2.05) is 6.92 Å². The largest absolute Gasteiger partial charge is 0.490 e. The van der Waals surface area contributed by atoms with Crippen LogP contribution < -0.4 is 10.1 Å². The summed E-state index contributed by atoms with van der Waals surface area (Å²) in [5.74, 6) is 0.857. The molecule has 106 valence electrons. The molecule has 2 rings (SSSR count). The lowest BCUT2D eigenvalue weighted by atomic mass is 10.2. The summed E-state index contributed by atoms with van der Waals surface area (Å²) in [4.78, 5) is 10.4. The Morgan fingerprint density at radius 2 is 2.25 bits per heavy atom. The Bertz CT molecular complexity index is 611. The third kappa shape index (κ3) is 2.91. The van der Waals surface area contributed by atoms with Crippen molar-refractivity contribution in [2.75, 3.05) is 13.7 Å². The first-order chi connectivity index (χ1) is 9.65. The lowest BCUT2D eigenvalue weighted by Crippen LogP contribution is -2.11. The summed E-state index contributed by atoms with van der Waals surface area (Å²) in [6.07, 6.45) is 0. The number of hydrogen-bond donors (Lipinski definition) is 1. The van der Waals surface area contributed by atoms with Crippen molar-refractivity contribution in [3.63, 3.8) is 0 Å². The van der Waals surface area contributed by atoms with E-state index >= 15 is 0 Å². The molecule has 0 aliphatic carbocycles. The third-order valence-electron chi connectivity index (χ3n) is 2.62. The second-order valence-corrected chi connectivity index (χ2v) is 3.93. The molecule has 0 unspecified atom stereocenters. The molecule has 0 atom stereocenters. The molecule has 2 aromatic rings. The maximum absolute atomic E-state index is 11.0. The SMILES string of the molecule is CCNCc1nnc(-c2ccc(OC)c([N+](=O)[O-])c2)o1. The number of hydrogen-bond acceptors (Lipinski definition) is 7. The highest BCUT2D eigenvalue weighted by atomic mass is 16.6. The fraction of sp³-hybridized carbons (Fsp3) is 0.333. The minimum absolute atomic E-state index is 0.142. The molecule has 1 heterocycles. The summed E-state index contributed by atoms with van der Waals surface area (Å²) in [6.45, 7) is 3.21. The van der Waals surface area contributed by atoms with Crippen LogP contribution in [0.1, 0.15) is 12.8 Å². The van der Waals surface area contributed by atoms with Gasteiger partial charge in [0.1, 0.15) is 0 Å². The molecule has 1 aromatic heterocycles. The fourth-order valence-corrected chi connectivity index (χ4v) is 1.64. The summed E-state index contributed by atoms with van der Waals surface area (Å²) >= 11 is 0. The van der Waals surface area contributed by atoms with E-state index in [4.69, 9.17) is 9.15 Å². The standard InChI is InChI=1S/C12H14N4O4/c1-3-13-7-11-14-15-12(20-11)8-4-5-10(19-2)9(6-8)16(17)18/h4-6,13H,3,7H2,1-2H3. The van der Waals surface area contributed by atoms with E-state index in [1.54, 1.807) is 6.07 Å². The Kier molecular flexibility index (Phi) is 4.26. The predicted molar refractivity (Wildman–Crippen MR) is 70.3 cm³/mol. The molecule has 8 nitrogen and oxygen atoms in total. The van der Waals surface area contributed by atoms with Gasteiger partial charge in [0.2, 0.25) is 11.8 Å². The van der Waals surface area contributed by atoms with Gasteiger partial charge in [0.05, 0.1) is 18.6 Å². The predicted octanol–water partition coefficient (Wildman–Crippen LogP) is 1.76. The van der Waals surface area contributed by atoms with Crippen LogP contribution in [0.5, 0.6) is 5.75 Å². The van der Waals surface area contributed by atoms with E-state index in [1.165, 1.54) is 19.2 Å². The molecule has 8 heteroatoms. The van der Waals surface area contributed by atoms with Gasteiger partial charge in [0.15, 0.2) is 5.75 Å². The highest BCUT2D eigenvalue weighted by Gasteiger charge is 2.18. The third-order valence-corrected chi connectivity index (χ3v) is 2.62. The van der Waals surface area contributed by atoms with Crippen molar-refractivity contribution in [1.82, 2.24) is 15.5 Å². The molecule has 0 aliphatic rings. The summed E-state index contributed by atoms with van der Waals surface area (Å²) < 4.78 is 10.4. The van der Waals surface area contributed by atoms with Crippen molar-refractivity contribution < 1.29 is 14.1 Å². The lowest BCUT2D eigenvalue weighted by molar-refractivity contribution is -0.385. The van der Waals surface area contributed by atoms with Gasteiger partial charge in [-0.3, -0.25) is 10.1 Å². The Hall–Kier alpha value is -2.48. The first-order valence-corrected chi connectivity index (χ1v) is 6.01. The molecule has 0 amide bonds. The molecular weight excluding hydrogens is 264 g/mol. The van der Waals surface area contributed by atoms with Crippen LogP contribution in [0.3, 0.4) is 0 Å². The van der Waals surface area contributed by atoms with Crippen LogP contribution in [0, 0.1) is 10.1 Å². The molecule has 0 saturated carbocycles. The van der Waals surface area contributed by atoms with Crippen molar-refractivity contribution in [2.45, 2.75) is 13.5 Å². The van der Waals surface area contributed by atoms with E-state index in [2.05, 4.69) is 15.5 Å². The summed E-state index contributed by atoms with van der Waals surface area (Å²) in [6, 6.07) is 4.49. The Morgan fingerprint density at radius 3 is 2.90 bits per heavy atom. The van der Waals surface area contributed by atoms with Crippen molar-refractivity contribution in [3.05, 3.63) is 34.2 Å². The van der Waals surface area contributed by atoms with Crippen LogP contribution in [0.2, 0.25) is 0 Å². The van der Waals surface area contributed by atoms with Crippen LogP contribution in [-0.2, 0) is 6.54 Å². The molecule has 0 bridgehead atoms. The van der Waals surface area contributed by atoms with Gasteiger partial charge >= 0.3 is 5.69 Å². The van der Waals surface area contributed by atoms with Crippen molar-refractivity contribution in [2.24, 2.45) is 0 Å². The lowest BCUT2D eigenvalue weighted by Gasteiger charge is -2.02. The number of nitrogens with zero attached hydrogens (tertiary/aromatic N) is 3. The number of benzene rings is 1. The van der Waals surface area contributed by atoms with Crippen molar-refractivity contribution >= 4 is 5.69 Å². The van der Waals surface area contributed by atoms with Crippen LogP contribution in [0.25, 0.3) is 11.5 Å². The molecule has 1 N–H and O–H groups in total. The first-order valence-electron chi connectivity index (χ1n) is 6.01. The number of ether oxygens (including phenoxy) is 1. The second kappa shape index (κ2) is 6.11. The van der Waals surface area contributed by atoms with Crippen LogP contribution in [0.15, 0.2) is 22.6 Å². The zero-order chi connectivity index (χ0) is 14.5. The molecule has 0 spiro atoms. The van der Waals surface area contributed by atoms with Crippen LogP contribution in [0.4, 0.5) is 5.69 Å². The second-order valence-electron chi connectivity index (χ2n) is 3.93. The molecule has 0 aliphatic heterocycles. The zero-order valence-electron chi connectivity index (χ0n) is 11.1. The normalized spacial score (nSPS) is 10.5. The van der Waals surface area contributed by atoms with Gasteiger partial charge < -0.3 is 14.5 Å². The molecule has 1 aromatic carbocycles. The number of rotatable bonds is 6. The van der Waals surface area contributed by atoms with Crippen LogP contribution >= 0.6 is 0 Å². The summed E-state index contributed by atoms with van der Waals surface area (Å²) in [5, 5.41) is 21.8. The van der Waals surface area contributed by atoms with E-state index in [0.29, 0.717) is 18.0 Å². The van der Waals surface area contributed by atoms with Gasteiger partial charge in [-0.25, -0.2) is 0 Å². The van der Waals surface area contributed by atoms with E-state index < -0.39 is 4.92 Å². The smallest absolute Gasteiger partial charge is 0.311 e. The number of nitro groups is 1. The molecule has 0 saturated heterocycles. The Labute approximate surface area is 114 Å². The molecule has 20 heavy (non-hydrogen) atoms. The molecule has 0 radical (unpaired) electrons. The van der Waals surface area contributed by atoms with Gasteiger partial charge in [-0.05, 0) is 18.7 Å². The minimum Gasteiger partial charge on any atom is -0.490 e. The summed E-state index contributed by atoms with van der Waals surface area (Å²) in [5.41, 5.74) is 0.337. The van der Waals surface area contributed by atoms with Crippen molar-refractivity contribution in [1.29, 1.82) is 0 Å². The number of nitrogens with one attached hydrogen (secondary N) is 1. The van der Waals surface area contributed by atoms with E-state index in [0.717, 1.165) is 6.54 Å². The highest BCUT2D eigenvalue weighted by molar-refractivity contribution is 5.62. The molecule has 0 fully saturated rings. The van der Waals surface area contributed by atoms with Crippen LogP contribution in [-0.4, -0.2) is 28.8 Å². The minimum atomic E-state index is -0.516. The Morgan fingerprint density at radius 1 is 1.45 bits per heavy atom. The zero-order valence-corrected chi connectivity index (χ0v) is 11.1. The van der Waals surface area contributed by atoms with Gasteiger partial charge in [-0.15, -0.1) is 10.2 Å². The van der Waals surface area contributed by atoms with Gasteiger partial charge in [0, 0.05) is 11.6 Å². The maximum Gasteiger partial charge on any atom is 0.311 e. The van der Waals surface area contributed by atoms with Crippen molar-refractivity contribution in [3.8, 4) is 17.2 Å². The maximum atomic E-state index is 11.0. The molecular formula is C12H14N4O4. The van der Waals surface area contributed by atoms with Gasteiger partial charge in [-0.2, -0.15) is 0 Å². The average molecular weight is 278 g/mol. The first kappa shape index (κ1) is 13.9. The van der Waals surface area contributed by atoms with Gasteiger partial charge in [0.25, 0.3) is 0 Å². The Balaban J connectivity index is 2.30. The fourth-order valence-electron chi connectivity index (χ4n) is 1.64. The summed E-state index contributed by atoms with van der Waals surface area (Å²) in [7, 11) is 1.38. The van der Waals surface area contributed by atoms with E-state index in [9.17, 15) is 10.1 Å². The number of nitro benzene ring substituents is 1. The van der Waals surface area contributed by atoms with E-state index in [-0.39, 0.29) is 17.3 Å². The number of aromatic nitrogens is 2. The van der Waals surface area contributed by atoms with Gasteiger partial charge in [-0.1, -0.05) is 6.92 Å².